The molecule has 0 N–H and O–H groups in total. The molecule has 1 heterocycles. The summed E-state index contributed by atoms with van der Waals surface area (Å²) in [6.45, 7) is 1.44. The molecule has 0 saturated carbocycles. The summed E-state index contributed by atoms with van der Waals surface area (Å²) in [7, 11) is 0. The van der Waals surface area contributed by atoms with Crippen LogP contribution in [0, 0.1) is 5.82 Å². The number of halogens is 3. The van der Waals surface area contributed by atoms with E-state index in [1.807, 2.05) is 0 Å². The van der Waals surface area contributed by atoms with E-state index in [-0.39, 0.29) is 18.2 Å². The monoisotopic (exact) mass is 274 g/mol. The Bertz CT molecular complexity index is 424. The Balaban J connectivity index is 0.00000144. The normalized spacial score (nSPS) is 14.8. The summed E-state index contributed by atoms with van der Waals surface area (Å²) in [6, 6.07) is 4.61. The van der Waals surface area contributed by atoms with Crippen LogP contribution >= 0.6 is 24.0 Å². The standard InChI is InChI=1S/C12H12ClFN2.ClH/c13-11-4-1-5-12(14)10(11)8-15-7-9-3-2-6-16-9;/h1,4-5,8H,2-3,6-7H2;1H. The molecule has 17 heavy (non-hydrogen) atoms. The Hall–Kier alpha value is -0.930. The predicted molar refractivity (Wildman–Crippen MR) is 72.7 cm³/mol. The molecule has 0 aliphatic carbocycles. The molecule has 2 nitrogen and oxygen atoms in total. The zero-order valence-corrected chi connectivity index (χ0v) is 10.8. The van der Waals surface area contributed by atoms with Gasteiger partial charge in [-0.25, -0.2) is 4.39 Å². The predicted octanol–water partition coefficient (Wildman–Crippen LogP) is 3.55. The van der Waals surface area contributed by atoms with E-state index in [9.17, 15) is 4.39 Å². The average Bonchev–Trinajstić information content (AvgIpc) is 2.75. The molecule has 0 radical (unpaired) electrons. The van der Waals surface area contributed by atoms with E-state index in [4.69, 9.17) is 11.6 Å². The number of hydrogen-bond acceptors (Lipinski definition) is 2. The molecule has 0 bridgehead atoms. The van der Waals surface area contributed by atoms with Crippen molar-refractivity contribution in [3.05, 3.63) is 34.6 Å². The molecule has 0 amide bonds. The van der Waals surface area contributed by atoms with Crippen LogP contribution in [-0.4, -0.2) is 25.0 Å². The molecule has 0 atom stereocenters. The van der Waals surface area contributed by atoms with Crippen LogP contribution in [0.3, 0.4) is 0 Å². The fourth-order valence-corrected chi connectivity index (χ4v) is 1.82. The molecule has 0 fully saturated rings. The van der Waals surface area contributed by atoms with Crippen LogP contribution in [0.15, 0.2) is 28.2 Å². The van der Waals surface area contributed by atoms with Crippen molar-refractivity contribution in [1.82, 2.24) is 0 Å². The Morgan fingerprint density at radius 2 is 2.29 bits per heavy atom. The summed E-state index contributed by atoms with van der Waals surface area (Å²) in [5, 5.41) is 0.386. The van der Waals surface area contributed by atoms with E-state index in [0.29, 0.717) is 17.1 Å². The van der Waals surface area contributed by atoms with Gasteiger partial charge in [0.1, 0.15) is 5.82 Å². The second-order valence-electron chi connectivity index (χ2n) is 3.66. The first kappa shape index (κ1) is 14.1. The van der Waals surface area contributed by atoms with Gasteiger partial charge in [-0.2, -0.15) is 0 Å². The zero-order chi connectivity index (χ0) is 11.4. The largest absolute Gasteiger partial charge is 0.292 e. The van der Waals surface area contributed by atoms with Gasteiger partial charge in [0.15, 0.2) is 0 Å². The van der Waals surface area contributed by atoms with E-state index < -0.39 is 0 Å². The van der Waals surface area contributed by atoms with Crippen molar-refractivity contribution in [2.75, 3.05) is 13.1 Å². The van der Waals surface area contributed by atoms with E-state index in [0.717, 1.165) is 25.1 Å². The van der Waals surface area contributed by atoms with Gasteiger partial charge < -0.3 is 0 Å². The maximum Gasteiger partial charge on any atom is 0.133 e. The zero-order valence-electron chi connectivity index (χ0n) is 9.20. The summed E-state index contributed by atoms with van der Waals surface area (Å²) in [5.74, 6) is -0.343. The summed E-state index contributed by atoms with van der Waals surface area (Å²) in [6.07, 6.45) is 3.59. The van der Waals surface area contributed by atoms with Crippen LogP contribution in [0.25, 0.3) is 0 Å². The molecule has 2 rings (SSSR count). The molecule has 1 aromatic rings. The van der Waals surface area contributed by atoms with E-state index in [1.54, 1.807) is 12.1 Å². The molecule has 1 aromatic carbocycles. The third-order valence-corrected chi connectivity index (χ3v) is 2.78. The first-order valence-electron chi connectivity index (χ1n) is 5.23. The number of aliphatic imine (C=N–C) groups is 2. The summed E-state index contributed by atoms with van der Waals surface area (Å²) in [4.78, 5) is 8.45. The lowest BCUT2D eigenvalue weighted by Gasteiger charge is -1.99. The quantitative estimate of drug-likeness (QED) is 0.754. The molecular formula is C12H13Cl2FN2. The second-order valence-corrected chi connectivity index (χ2v) is 4.06. The van der Waals surface area contributed by atoms with Gasteiger partial charge in [-0.15, -0.1) is 12.4 Å². The maximum atomic E-state index is 13.3. The van der Waals surface area contributed by atoms with Crippen LogP contribution in [0.2, 0.25) is 5.02 Å². The maximum absolute atomic E-state index is 13.3. The number of hydrogen-bond donors (Lipinski definition) is 0. The summed E-state index contributed by atoms with van der Waals surface area (Å²) in [5.41, 5.74) is 1.44. The van der Waals surface area contributed by atoms with Crippen LogP contribution in [0.1, 0.15) is 18.4 Å². The topological polar surface area (TPSA) is 24.7 Å². The van der Waals surface area contributed by atoms with Crippen LogP contribution in [0.4, 0.5) is 4.39 Å². The first-order chi connectivity index (χ1) is 7.77. The lowest BCUT2D eigenvalue weighted by molar-refractivity contribution is 0.626. The molecule has 5 heteroatoms. The Morgan fingerprint density at radius 3 is 2.94 bits per heavy atom. The SMILES string of the molecule is Cl.Fc1cccc(Cl)c1C=NCC1=NCCC1. The van der Waals surface area contributed by atoms with Crippen molar-refractivity contribution in [3.63, 3.8) is 0 Å². The molecule has 1 aliphatic heterocycles. The van der Waals surface area contributed by atoms with Crippen LogP contribution in [0.5, 0.6) is 0 Å². The van der Waals surface area contributed by atoms with Crippen LogP contribution in [-0.2, 0) is 0 Å². The van der Waals surface area contributed by atoms with Crippen molar-refractivity contribution in [2.45, 2.75) is 12.8 Å². The highest BCUT2D eigenvalue weighted by Gasteiger charge is 2.06. The number of benzene rings is 1. The highest BCUT2D eigenvalue weighted by atomic mass is 35.5. The van der Waals surface area contributed by atoms with Crippen molar-refractivity contribution < 1.29 is 4.39 Å². The van der Waals surface area contributed by atoms with Gasteiger partial charge in [-0.1, -0.05) is 17.7 Å². The van der Waals surface area contributed by atoms with E-state index in [2.05, 4.69) is 9.98 Å². The van der Waals surface area contributed by atoms with Gasteiger partial charge in [-0.3, -0.25) is 9.98 Å². The molecule has 0 unspecified atom stereocenters. The van der Waals surface area contributed by atoms with Crippen molar-refractivity contribution in [3.8, 4) is 0 Å². The summed E-state index contributed by atoms with van der Waals surface area (Å²) < 4.78 is 13.3. The average molecular weight is 275 g/mol. The fourth-order valence-electron chi connectivity index (χ4n) is 1.60. The molecular weight excluding hydrogens is 262 g/mol. The smallest absolute Gasteiger partial charge is 0.133 e. The molecule has 0 saturated heterocycles. The highest BCUT2D eigenvalue weighted by molar-refractivity contribution is 6.33. The molecule has 0 aromatic heterocycles. The van der Waals surface area contributed by atoms with E-state index >= 15 is 0 Å². The molecule has 0 spiro atoms. The van der Waals surface area contributed by atoms with Gasteiger partial charge in [0.25, 0.3) is 0 Å². The molecule has 92 valence electrons. The number of rotatable bonds is 3. The minimum absolute atomic E-state index is 0. The Labute approximate surface area is 111 Å². The van der Waals surface area contributed by atoms with Crippen molar-refractivity contribution in [1.29, 1.82) is 0 Å². The van der Waals surface area contributed by atoms with E-state index in [1.165, 1.54) is 12.3 Å². The van der Waals surface area contributed by atoms with Gasteiger partial charge in [0.2, 0.25) is 0 Å². The van der Waals surface area contributed by atoms with Crippen molar-refractivity contribution in [2.24, 2.45) is 9.98 Å². The summed E-state index contributed by atoms with van der Waals surface area (Å²) >= 11 is 5.86. The second kappa shape index (κ2) is 6.72. The minimum Gasteiger partial charge on any atom is -0.292 e. The lowest BCUT2D eigenvalue weighted by Crippen LogP contribution is -1.99. The van der Waals surface area contributed by atoms with Gasteiger partial charge in [-0.05, 0) is 25.0 Å². The van der Waals surface area contributed by atoms with Gasteiger partial charge in [0.05, 0.1) is 11.6 Å². The third-order valence-electron chi connectivity index (χ3n) is 2.45. The molecule has 1 aliphatic rings. The number of nitrogens with zero attached hydrogens (tertiary/aromatic N) is 2. The third kappa shape index (κ3) is 3.79. The minimum atomic E-state index is -0.343. The lowest BCUT2D eigenvalue weighted by atomic mass is 10.2. The first-order valence-corrected chi connectivity index (χ1v) is 5.61. The van der Waals surface area contributed by atoms with Gasteiger partial charge >= 0.3 is 0 Å². The van der Waals surface area contributed by atoms with Crippen molar-refractivity contribution >= 4 is 35.9 Å². The van der Waals surface area contributed by atoms with Gasteiger partial charge in [0, 0.05) is 24.0 Å². The Kier molecular flexibility index (Phi) is 5.59. The van der Waals surface area contributed by atoms with Crippen LogP contribution < -0.4 is 0 Å². The highest BCUT2D eigenvalue weighted by Crippen LogP contribution is 2.16. The Morgan fingerprint density at radius 1 is 1.47 bits per heavy atom. The fraction of sp³-hybridized carbons (Fsp3) is 0.333.